The van der Waals surface area contributed by atoms with Crippen LogP contribution in [0.3, 0.4) is 0 Å². The van der Waals surface area contributed by atoms with Crippen molar-refractivity contribution in [1.82, 2.24) is 0 Å². The van der Waals surface area contributed by atoms with Crippen molar-refractivity contribution < 1.29 is 8.42 Å². The van der Waals surface area contributed by atoms with Gasteiger partial charge < -0.3 is 0 Å². The van der Waals surface area contributed by atoms with Gasteiger partial charge in [-0.25, -0.2) is 8.42 Å². The first kappa shape index (κ1) is 16.6. The van der Waals surface area contributed by atoms with Crippen LogP contribution in [0.2, 0.25) is 0 Å². The van der Waals surface area contributed by atoms with Crippen LogP contribution in [-0.4, -0.2) is 8.42 Å². The molecule has 4 heteroatoms. The number of benzene rings is 2. The van der Waals surface area contributed by atoms with Gasteiger partial charge in [-0.2, -0.15) is 0 Å². The number of nitrogens with one attached hydrogen (secondary N) is 1. The van der Waals surface area contributed by atoms with Crippen LogP contribution in [0.4, 0.5) is 5.69 Å². The third-order valence-electron chi connectivity index (χ3n) is 3.76. The molecular weight excluding hydrogens is 294 g/mol. The van der Waals surface area contributed by atoms with E-state index in [2.05, 4.69) is 11.6 Å². The van der Waals surface area contributed by atoms with E-state index in [1.807, 2.05) is 44.2 Å². The summed E-state index contributed by atoms with van der Waals surface area (Å²) in [6.45, 7) is 6.15. The zero-order valence-corrected chi connectivity index (χ0v) is 14.2. The van der Waals surface area contributed by atoms with E-state index in [-0.39, 0.29) is 0 Å². The molecule has 0 saturated heterocycles. The van der Waals surface area contributed by atoms with Crippen LogP contribution in [0.1, 0.15) is 37.0 Å². The van der Waals surface area contributed by atoms with Crippen molar-refractivity contribution in [3.05, 3.63) is 59.2 Å². The van der Waals surface area contributed by atoms with E-state index >= 15 is 0 Å². The van der Waals surface area contributed by atoms with Crippen LogP contribution in [0.15, 0.2) is 47.4 Å². The van der Waals surface area contributed by atoms with Crippen LogP contribution in [0, 0.1) is 6.92 Å². The van der Waals surface area contributed by atoms with Crippen molar-refractivity contribution in [3.63, 3.8) is 0 Å². The number of sulfonamides is 1. The highest BCUT2D eigenvalue weighted by Crippen LogP contribution is 2.22. The molecule has 0 bridgehead atoms. The Morgan fingerprint density at radius 1 is 1.00 bits per heavy atom. The number of rotatable bonds is 6. The summed E-state index contributed by atoms with van der Waals surface area (Å²) in [5.41, 5.74) is 3.81. The summed E-state index contributed by atoms with van der Waals surface area (Å²) < 4.78 is 28.0. The second-order valence-electron chi connectivity index (χ2n) is 5.46. The average Bonchev–Trinajstić information content (AvgIpc) is 2.50. The van der Waals surface area contributed by atoms with E-state index in [4.69, 9.17) is 0 Å². The molecule has 0 aromatic heterocycles. The Bertz CT molecular complexity index is 751. The van der Waals surface area contributed by atoms with Gasteiger partial charge in [0.05, 0.1) is 4.90 Å². The molecule has 0 heterocycles. The molecule has 0 saturated carbocycles. The highest BCUT2D eigenvalue weighted by Gasteiger charge is 2.18. The van der Waals surface area contributed by atoms with E-state index in [1.54, 1.807) is 12.1 Å². The smallest absolute Gasteiger partial charge is 0.262 e. The van der Waals surface area contributed by atoms with Gasteiger partial charge in [0.1, 0.15) is 0 Å². The summed E-state index contributed by atoms with van der Waals surface area (Å²) in [5, 5.41) is 0. The van der Waals surface area contributed by atoms with Gasteiger partial charge in [0.2, 0.25) is 0 Å². The van der Waals surface area contributed by atoms with Gasteiger partial charge in [-0.05, 0) is 54.7 Å². The van der Waals surface area contributed by atoms with Crippen molar-refractivity contribution in [1.29, 1.82) is 0 Å². The van der Waals surface area contributed by atoms with E-state index < -0.39 is 10.0 Å². The van der Waals surface area contributed by atoms with Crippen LogP contribution in [0.25, 0.3) is 0 Å². The van der Waals surface area contributed by atoms with Gasteiger partial charge in [0.15, 0.2) is 0 Å². The Kier molecular flexibility index (Phi) is 5.24. The van der Waals surface area contributed by atoms with E-state index in [1.165, 1.54) is 5.56 Å². The first-order valence-electron chi connectivity index (χ1n) is 7.68. The highest BCUT2D eigenvalue weighted by molar-refractivity contribution is 7.92. The van der Waals surface area contributed by atoms with E-state index in [0.717, 1.165) is 30.4 Å². The predicted molar refractivity (Wildman–Crippen MR) is 91.8 cm³/mol. The summed E-state index contributed by atoms with van der Waals surface area (Å²) in [5.74, 6) is 0. The van der Waals surface area contributed by atoms with Gasteiger partial charge in [-0.3, -0.25) is 4.72 Å². The molecule has 118 valence electrons. The lowest BCUT2D eigenvalue weighted by Gasteiger charge is -2.13. The molecule has 0 amide bonds. The molecule has 0 aliphatic rings. The molecule has 0 atom stereocenters. The summed E-state index contributed by atoms with van der Waals surface area (Å²) in [4.78, 5) is 0.371. The molecule has 22 heavy (non-hydrogen) atoms. The monoisotopic (exact) mass is 317 g/mol. The van der Waals surface area contributed by atoms with Crippen LogP contribution < -0.4 is 4.72 Å². The number of hydrogen-bond acceptors (Lipinski definition) is 2. The predicted octanol–water partition coefficient (Wildman–Crippen LogP) is 4.31. The minimum absolute atomic E-state index is 0.371. The van der Waals surface area contributed by atoms with Crippen LogP contribution in [-0.2, 0) is 22.9 Å². The fourth-order valence-electron chi connectivity index (χ4n) is 2.57. The molecule has 2 aromatic rings. The molecule has 3 nitrogen and oxygen atoms in total. The fraction of sp³-hybridized carbons (Fsp3) is 0.333. The molecule has 0 spiro atoms. The van der Waals surface area contributed by atoms with E-state index in [9.17, 15) is 8.42 Å². The third kappa shape index (κ3) is 3.69. The maximum atomic E-state index is 12.7. The first-order valence-corrected chi connectivity index (χ1v) is 9.16. The molecule has 0 aliphatic heterocycles. The minimum Gasteiger partial charge on any atom is -0.280 e. The lowest BCUT2D eigenvalue weighted by Crippen LogP contribution is -2.15. The van der Waals surface area contributed by atoms with Crippen LogP contribution in [0.5, 0.6) is 0 Å². The quantitative estimate of drug-likeness (QED) is 0.863. The highest BCUT2D eigenvalue weighted by atomic mass is 32.2. The molecule has 0 unspecified atom stereocenters. The summed E-state index contributed by atoms with van der Waals surface area (Å²) >= 11 is 0. The number of anilines is 1. The van der Waals surface area contributed by atoms with Crippen molar-refractivity contribution >= 4 is 15.7 Å². The van der Waals surface area contributed by atoms with Crippen molar-refractivity contribution in [3.8, 4) is 0 Å². The molecule has 0 fully saturated rings. The Morgan fingerprint density at radius 3 is 2.41 bits per heavy atom. The van der Waals surface area contributed by atoms with Crippen molar-refractivity contribution in [2.75, 3.05) is 4.72 Å². The van der Waals surface area contributed by atoms with Gasteiger partial charge in [-0.1, -0.05) is 44.5 Å². The standard InChI is InChI=1S/C18H23NO2S/c1-4-8-16-9-6-7-10-18(16)22(20,21)19-17-12-11-14(3)15(5-2)13-17/h6-7,9-13,19H,4-5,8H2,1-3H3. The fourth-order valence-corrected chi connectivity index (χ4v) is 3.89. The second-order valence-corrected chi connectivity index (χ2v) is 7.11. The third-order valence-corrected chi connectivity index (χ3v) is 5.25. The number of aryl methyl sites for hydroxylation is 3. The summed E-state index contributed by atoms with van der Waals surface area (Å²) in [7, 11) is -3.55. The molecule has 2 rings (SSSR count). The zero-order chi connectivity index (χ0) is 16.2. The molecule has 1 N–H and O–H groups in total. The van der Waals surface area contributed by atoms with Crippen molar-refractivity contribution in [2.45, 2.75) is 44.9 Å². The minimum atomic E-state index is -3.55. The molecular formula is C18H23NO2S. The topological polar surface area (TPSA) is 46.2 Å². The van der Waals surface area contributed by atoms with Gasteiger partial charge in [0.25, 0.3) is 10.0 Å². The largest absolute Gasteiger partial charge is 0.280 e. The normalized spacial score (nSPS) is 11.4. The van der Waals surface area contributed by atoms with Gasteiger partial charge >= 0.3 is 0 Å². The first-order chi connectivity index (χ1) is 10.5. The lowest BCUT2D eigenvalue weighted by atomic mass is 10.1. The molecule has 0 radical (unpaired) electrons. The van der Waals surface area contributed by atoms with Crippen molar-refractivity contribution in [2.24, 2.45) is 0 Å². The molecule has 2 aromatic carbocycles. The lowest BCUT2D eigenvalue weighted by molar-refractivity contribution is 0.600. The molecule has 0 aliphatic carbocycles. The van der Waals surface area contributed by atoms with Crippen LogP contribution >= 0.6 is 0 Å². The maximum absolute atomic E-state index is 12.7. The number of hydrogen-bond donors (Lipinski definition) is 1. The Labute approximate surface area is 133 Å². The Balaban J connectivity index is 2.36. The maximum Gasteiger partial charge on any atom is 0.262 e. The van der Waals surface area contributed by atoms with Gasteiger partial charge in [0, 0.05) is 5.69 Å². The summed E-state index contributed by atoms with van der Waals surface area (Å²) in [6.07, 6.45) is 2.55. The second kappa shape index (κ2) is 6.97. The Morgan fingerprint density at radius 2 is 1.73 bits per heavy atom. The average molecular weight is 317 g/mol. The van der Waals surface area contributed by atoms with E-state index in [0.29, 0.717) is 10.6 Å². The van der Waals surface area contributed by atoms with Gasteiger partial charge in [-0.15, -0.1) is 0 Å². The zero-order valence-electron chi connectivity index (χ0n) is 13.4. The summed E-state index contributed by atoms with van der Waals surface area (Å²) in [6, 6.07) is 12.9. The Hall–Kier alpha value is -1.81. The SMILES string of the molecule is CCCc1ccccc1S(=O)(=O)Nc1ccc(C)c(CC)c1.